The van der Waals surface area contributed by atoms with Gasteiger partial charge < -0.3 is 10.1 Å². The van der Waals surface area contributed by atoms with E-state index < -0.39 is 5.97 Å². The average molecular weight is 317 g/mol. The van der Waals surface area contributed by atoms with Crippen LogP contribution in [0.2, 0.25) is 0 Å². The van der Waals surface area contributed by atoms with E-state index in [0.29, 0.717) is 5.56 Å². The van der Waals surface area contributed by atoms with Gasteiger partial charge in [0, 0.05) is 4.88 Å². The van der Waals surface area contributed by atoms with Crippen molar-refractivity contribution in [2.45, 2.75) is 26.8 Å². The minimum Gasteiger partial charge on any atom is -0.452 e. The van der Waals surface area contributed by atoms with E-state index in [-0.39, 0.29) is 18.6 Å². The number of aryl methyl sites for hydroxylation is 2. The highest BCUT2D eigenvalue weighted by Crippen LogP contribution is 2.18. The van der Waals surface area contributed by atoms with Crippen LogP contribution < -0.4 is 5.32 Å². The van der Waals surface area contributed by atoms with Crippen LogP contribution in [0.15, 0.2) is 35.7 Å². The number of ether oxygens (including phenoxy) is 1. The van der Waals surface area contributed by atoms with E-state index in [1.807, 2.05) is 50.4 Å². The predicted molar refractivity (Wildman–Crippen MR) is 87.1 cm³/mol. The quantitative estimate of drug-likeness (QED) is 0.860. The molecule has 116 valence electrons. The molecule has 0 saturated heterocycles. The van der Waals surface area contributed by atoms with Gasteiger partial charge in [-0.2, -0.15) is 0 Å². The number of thiophene rings is 1. The van der Waals surface area contributed by atoms with E-state index in [1.165, 1.54) is 0 Å². The fourth-order valence-electron chi connectivity index (χ4n) is 2.14. The van der Waals surface area contributed by atoms with Crippen LogP contribution in [0, 0.1) is 13.8 Å². The van der Waals surface area contributed by atoms with Crippen molar-refractivity contribution in [3.8, 4) is 0 Å². The van der Waals surface area contributed by atoms with Crippen molar-refractivity contribution in [3.05, 3.63) is 57.3 Å². The second-order valence-corrected chi connectivity index (χ2v) is 6.18. The molecule has 0 saturated carbocycles. The second kappa shape index (κ2) is 7.22. The molecule has 4 nitrogen and oxygen atoms in total. The molecule has 0 radical (unpaired) electrons. The normalized spacial score (nSPS) is 11.8. The Balaban J connectivity index is 1.86. The van der Waals surface area contributed by atoms with Gasteiger partial charge in [0.15, 0.2) is 6.61 Å². The van der Waals surface area contributed by atoms with Gasteiger partial charge in [-0.3, -0.25) is 4.79 Å². The Morgan fingerprint density at radius 1 is 1.27 bits per heavy atom. The van der Waals surface area contributed by atoms with E-state index in [9.17, 15) is 9.59 Å². The zero-order chi connectivity index (χ0) is 16.1. The molecule has 0 aliphatic carbocycles. The number of benzene rings is 1. The van der Waals surface area contributed by atoms with Crippen LogP contribution in [0.5, 0.6) is 0 Å². The maximum absolute atomic E-state index is 12.0. The summed E-state index contributed by atoms with van der Waals surface area (Å²) in [5.41, 5.74) is 2.42. The Morgan fingerprint density at radius 2 is 2.05 bits per heavy atom. The lowest BCUT2D eigenvalue weighted by atomic mass is 10.1. The lowest BCUT2D eigenvalue weighted by molar-refractivity contribution is -0.124. The first-order valence-corrected chi connectivity index (χ1v) is 7.92. The van der Waals surface area contributed by atoms with Crippen LogP contribution in [0.25, 0.3) is 0 Å². The van der Waals surface area contributed by atoms with Gasteiger partial charge >= 0.3 is 5.97 Å². The molecule has 2 rings (SSSR count). The van der Waals surface area contributed by atoms with Crippen molar-refractivity contribution in [1.82, 2.24) is 5.32 Å². The molecule has 0 aliphatic heterocycles. The topological polar surface area (TPSA) is 55.4 Å². The number of esters is 1. The Bertz CT molecular complexity index is 665. The van der Waals surface area contributed by atoms with Crippen LogP contribution in [0.3, 0.4) is 0 Å². The molecular weight excluding hydrogens is 298 g/mol. The number of hydrogen-bond donors (Lipinski definition) is 1. The van der Waals surface area contributed by atoms with Crippen LogP contribution >= 0.6 is 11.3 Å². The van der Waals surface area contributed by atoms with Crippen molar-refractivity contribution >= 4 is 23.2 Å². The van der Waals surface area contributed by atoms with Crippen molar-refractivity contribution in [2.24, 2.45) is 0 Å². The summed E-state index contributed by atoms with van der Waals surface area (Å²) in [7, 11) is 0. The Morgan fingerprint density at radius 3 is 2.68 bits per heavy atom. The smallest absolute Gasteiger partial charge is 0.338 e. The molecule has 2 aromatic rings. The lowest BCUT2D eigenvalue weighted by Crippen LogP contribution is -2.30. The first kappa shape index (κ1) is 16.2. The fraction of sp³-hybridized carbons (Fsp3) is 0.294. The maximum Gasteiger partial charge on any atom is 0.338 e. The van der Waals surface area contributed by atoms with E-state index in [2.05, 4.69) is 5.32 Å². The molecule has 0 aliphatic rings. The van der Waals surface area contributed by atoms with Gasteiger partial charge in [0.1, 0.15) is 0 Å². The predicted octanol–water partition coefficient (Wildman–Crippen LogP) is 3.40. The highest BCUT2D eigenvalue weighted by molar-refractivity contribution is 7.10. The number of hydrogen-bond acceptors (Lipinski definition) is 4. The third-order valence-corrected chi connectivity index (χ3v) is 4.34. The molecule has 1 amide bonds. The third kappa shape index (κ3) is 4.18. The van der Waals surface area contributed by atoms with Crippen molar-refractivity contribution < 1.29 is 14.3 Å². The summed E-state index contributed by atoms with van der Waals surface area (Å²) in [6, 6.07) is 9.28. The molecule has 0 bridgehead atoms. The summed E-state index contributed by atoms with van der Waals surface area (Å²) >= 11 is 1.58. The van der Waals surface area contributed by atoms with Gasteiger partial charge in [0.25, 0.3) is 5.91 Å². The van der Waals surface area contributed by atoms with Crippen LogP contribution in [0.1, 0.15) is 39.3 Å². The van der Waals surface area contributed by atoms with Crippen molar-refractivity contribution in [1.29, 1.82) is 0 Å². The van der Waals surface area contributed by atoms with Gasteiger partial charge in [-0.25, -0.2) is 4.79 Å². The van der Waals surface area contributed by atoms with Gasteiger partial charge in [-0.1, -0.05) is 23.8 Å². The van der Waals surface area contributed by atoms with Gasteiger partial charge in [0.2, 0.25) is 0 Å². The summed E-state index contributed by atoms with van der Waals surface area (Å²) < 4.78 is 5.08. The van der Waals surface area contributed by atoms with Crippen LogP contribution in [-0.4, -0.2) is 18.5 Å². The van der Waals surface area contributed by atoms with Gasteiger partial charge in [-0.15, -0.1) is 11.3 Å². The molecule has 1 heterocycles. The second-order valence-electron chi connectivity index (χ2n) is 5.20. The van der Waals surface area contributed by atoms with Gasteiger partial charge in [-0.05, 0) is 43.8 Å². The summed E-state index contributed by atoms with van der Waals surface area (Å²) in [5, 5.41) is 4.76. The summed E-state index contributed by atoms with van der Waals surface area (Å²) in [4.78, 5) is 24.9. The van der Waals surface area contributed by atoms with E-state index >= 15 is 0 Å². The highest BCUT2D eigenvalue weighted by Gasteiger charge is 2.14. The molecule has 5 heteroatoms. The third-order valence-electron chi connectivity index (χ3n) is 3.28. The summed E-state index contributed by atoms with van der Waals surface area (Å²) in [6.45, 7) is 5.43. The standard InChI is InChI=1S/C17H19NO3S/c1-11-6-7-14(12(2)9-11)17(20)21-10-16(19)18-13(3)15-5-4-8-22-15/h4-9,13H,10H2,1-3H3,(H,18,19)/t13-/m0/s1. The number of carbonyl (C=O) groups excluding carboxylic acids is 2. The Hall–Kier alpha value is -2.14. The zero-order valence-electron chi connectivity index (χ0n) is 12.9. The largest absolute Gasteiger partial charge is 0.452 e. The SMILES string of the molecule is Cc1ccc(C(=O)OCC(=O)N[C@@H](C)c2cccs2)c(C)c1. The molecule has 0 fully saturated rings. The first-order chi connectivity index (χ1) is 10.5. The van der Waals surface area contributed by atoms with Crippen molar-refractivity contribution in [2.75, 3.05) is 6.61 Å². The van der Waals surface area contributed by atoms with E-state index in [1.54, 1.807) is 17.4 Å². The average Bonchev–Trinajstić information content (AvgIpc) is 2.99. The molecule has 0 spiro atoms. The lowest BCUT2D eigenvalue weighted by Gasteiger charge is -2.12. The number of nitrogens with one attached hydrogen (secondary N) is 1. The van der Waals surface area contributed by atoms with Crippen LogP contribution in [0.4, 0.5) is 0 Å². The first-order valence-electron chi connectivity index (χ1n) is 7.04. The van der Waals surface area contributed by atoms with E-state index in [0.717, 1.165) is 16.0 Å². The molecule has 1 aromatic carbocycles. The zero-order valence-corrected chi connectivity index (χ0v) is 13.7. The molecule has 1 aromatic heterocycles. The number of carbonyl (C=O) groups is 2. The van der Waals surface area contributed by atoms with Crippen LogP contribution in [-0.2, 0) is 9.53 Å². The molecule has 22 heavy (non-hydrogen) atoms. The molecular formula is C17H19NO3S. The van der Waals surface area contributed by atoms with E-state index in [4.69, 9.17) is 4.74 Å². The minimum absolute atomic E-state index is 0.0905. The Labute approximate surface area is 134 Å². The maximum atomic E-state index is 12.0. The Kier molecular flexibility index (Phi) is 5.33. The van der Waals surface area contributed by atoms with Gasteiger partial charge in [0.05, 0.1) is 11.6 Å². The molecule has 0 unspecified atom stereocenters. The fourth-order valence-corrected chi connectivity index (χ4v) is 2.88. The van der Waals surface area contributed by atoms with Crippen molar-refractivity contribution in [3.63, 3.8) is 0 Å². The monoisotopic (exact) mass is 317 g/mol. The molecule has 1 N–H and O–H groups in total. The minimum atomic E-state index is -0.476. The number of amides is 1. The molecule has 1 atom stereocenters. The summed E-state index contributed by atoms with van der Waals surface area (Å²) in [5.74, 6) is -0.782. The number of rotatable bonds is 5. The summed E-state index contributed by atoms with van der Waals surface area (Å²) in [6.07, 6.45) is 0. The highest BCUT2D eigenvalue weighted by atomic mass is 32.1.